The monoisotopic (exact) mass is 192 g/mol. The largest absolute Gasteiger partial charge is 0.270 e. The molecule has 0 aliphatic heterocycles. The molecule has 0 saturated carbocycles. The second-order valence-electron chi connectivity index (χ2n) is 1.26. The third kappa shape index (κ3) is 1.26. The summed E-state index contributed by atoms with van der Waals surface area (Å²) in [6.45, 7) is 0. The molecular weight excluding hydrogens is 188 g/mol. The fourth-order valence-electron chi connectivity index (χ4n) is 0.386. The quantitative estimate of drug-likeness (QED) is 0.690. The highest BCUT2D eigenvalue weighted by Gasteiger charge is 1.92. The molecule has 0 aliphatic rings. The van der Waals surface area contributed by atoms with E-state index in [1.807, 2.05) is 12.3 Å². The molecule has 1 rings (SSSR count). The van der Waals surface area contributed by atoms with Crippen LogP contribution in [0.3, 0.4) is 0 Å². The predicted molar refractivity (Wildman–Crippen MR) is 38.1 cm³/mol. The lowest BCUT2D eigenvalue weighted by molar-refractivity contribution is 0.995. The minimum Gasteiger partial charge on any atom is -0.270 e. The van der Waals surface area contributed by atoms with Crippen molar-refractivity contribution in [1.82, 2.24) is 10.2 Å². The predicted octanol–water partition coefficient (Wildman–Crippen LogP) is 1.89. The van der Waals surface area contributed by atoms with Crippen LogP contribution in [0.15, 0.2) is 15.7 Å². The van der Waals surface area contributed by atoms with Crippen LogP contribution in [-0.4, -0.2) is 16.5 Å². The Bertz CT molecular complexity index is 174. The maximum atomic E-state index is 3.93. The van der Waals surface area contributed by atoms with E-state index in [4.69, 9.17) is 0 Å². The van der Waals surface area contributed by atoms with Crippen LogP contribution in [0.2, 0.25) is 0 Å². The highest BCUT2D eigenvalue weighted by molar-refractivity contribution is 9.10. The van der Waals surface area contributed by atoms with Crippen molar-refractivity contribution in [3.63, 3.8) is 0 Å². The zero-order valence-electron chi connectivity index (χ0n) is 4.31. The van der Waals surface area contributed by atoms with Crippen molar-refractivity contribution in [2.45, 2.75) is 5.03 Å². The number of nitrogens with one attached hydrogen (secondary N) is 1. The van der Waals surface area contributed by atoms with Gasteiger partial charge in [0, 0.05) is 6.07 Å². The Hall–Kier alpha value is 0.0400. The molecule has 0 amide bonds. The van der Waals surface area contributed by atoms with E-state index in [9.17, 15) is 0 Å². The van der Waals surface area contributed by atoms with Gasteiger partial charge in [-0.2, -0.15) is 5.10 Å². The Labute approximate surface area is 60.2 Å². The van der Waals surface area contributed by atoms with Crippen LogP contribution in [0.1, 0.15) is 0 Å². The van der Waals surface area contributed by atoms with Gasteiger partial charge in [-0.05, 0) is 22.2 Å². The molecule has 1 N–H and O–H groups in total. The molecule has 1 aromatic heterocycles. The Morgan fingerprint density at radius 1 is 1.88 bits per heavy atom. The van der Waals surface area contributed by atoms with Crippen molar-refractivity contribution in [1.29, 1.82) is 0 Å². The van der Waals surface area contributed by atoms with Crippen LogP contribution < -0.4 is 0 Å². The number of H-pyrrole nitrogens is 1. The number of halogens is 1. The van der Waals surface area contributed by atoms with Gasteiger partial charge in [-0.1, -0.05) is 0 Å². The van der Waals surface area contributed by atoms with Crippen LogP contribution in [0.5, 0.6) is 0 Å². The molecule has 0 bridgehead atoms. The first-order valence-electron chi connectivity index (χ1n) is 2.08. The molecule has 0 aliphatic carbocycles. The van der Waals surface area contributed by atoms with Crippen LogP contribution in [0, 0.1) is 0 Å². The lowest BCUT2D eigenvalue weighted by Crippen LogP contribution is -1.65. The number of aromatic amines is 1. The van der Waals surface area contributed by atoms with E-state index < -0.39 is 0 Å². The van der Waals surface area contributed by atoms with Crippen LogP contribution in [-0.2, 0) is 0 Å². The van der Waals surface area contributed by atoms with E-state index in [1.54, 1.807) is 11.8 Å². The summed E-state index contributed by atoms with van der Waals surface area (Å²) < 4.78 is 0.932. The first-order valence-corrected chi connectivity index (χ1v) is 4.09. The van der Waals surface area contributed by atoms with Gasteiger partial charge in [0.15, 0.2) is 0 Å². The van der Waals surface area contributed by atoms with Gasteiger partial charge in [0.25, 0.3) is 0 Å². The van der Waals surface area contributed by atoms with Gasteiger partial charge in [0.05, 0.1) is 0 Å². The third-order valence-electron chi connectivity index (χ3n) is 0.732. The molecule has 0 fully saturated rings. The zero-order valence-corrected chi connectivity index (χ0v) is 6.71. The molecule has 44 valence electrons. The minimum atomic E-state index is 0.932. The van der Waals surface area contributed by atoms with E-state index >= 15 is 0 Å². The van der Waals surface area contributed by atoms with Crippen molar-refractivity contribution < 1.29 is 0 Å². The van der Waals surface area contributed by atoms with E-state index in [2.05, 4.69) is 26.1 Å². The second-order valence-corrected chi connectivity index (χ2v) is 2.94. The molecule has 1 heterocycles. The molecule has 0 spiro atoms. The maximum absolute atomic E-state index is 3.93. The SMILES string of the molecule is CSc1cc(Br)[nH]n1. The van der Waals surface area contributed by atoms with E-state index in [0.29, 0.717) is 0 Å². The number of rotatable bonds is 1. The van der Waals surface area contributed by atoms with Crippen molar-refractivity contribution in [2.75, 3.05) is 6.26 Å². The molecule has 4 heteroatoms. The Balaban J connectivity index is 2.84. The molecule has 8 heavy (non-hydrogen) atoms. The molecule has 0 unspecified atom stereocenters. The first-order chi connectivity index (χ1) is 3.83. The lowest BCUT2D eigenvalue weighted by Gasteiger charge is -1.77. The van der Waals surface area contributed by atoms with E-state index in [-0.39, 0.29) is 0 Å². The number of hydrogen-bond acceptors (Lipinski definition) is 2. The van der Waals surface area contributed by atoms with Crippen molar-refractivity contribution in [2.24, 2.45) is 0 Å². The maximum Gasteiger partial charge on any atom is 0.119 e. The molecule has 1 aromatic rings. The summed E-state index contributed by atoms with van der Waals surface area (Å²) in [6, 6.07) is 1.94. The molecule has 0 saturated heterocycles. The van der Waals surface area contributed by atoms with Gasteiger partial charge < -0.3 is 0 Å². The average molecular weight is 193 g/mol. The normalized spacial score (nSPS) is 9.75. The molecular formula is C4H5BrN2S. The Kier molecular flexibility index (Phi) is 1.96. The molecule has 0 aromatic carbocycles. The summed E-state index contributed by atoms with van der Waals surface area (Å²) in [4.78, 5) is 0. The molecule has 0 radical (unpaired) electrons. The zero-order chi connectivity index (χ0) is 5.98. The topological polar surface area (TPSA) is 28.7 Å². The molecule has 0 atom stereocenters. The van der Waals surface area contributed by atoms with Crippen molar-refractivity contribution in [3.05, 3.63) is 10.7 Å². The number of nitrogens with zero attached hydrogens (tertiary/aromatic N) is 1. The Morgan fingerprint density at radius 3 is 2.88 bits per heavy atom. The standard InChI is InChI=1S/C4H5BrN2S/c1-8-4-2-3(5)6-7-4/h2H,1H3,(H,6,7). The van der Waals surface area contributed by atoms with Gasteiger partial charge in [0.2, 0.25) is 0 Å². The van der Waals surface area contributed by atoms with Gasteiger partial charge >= 0.3 is 0 Å². The fourth-order valence-corrected chi connectivity index (χ4v) is 1.22. The van der Waals surface area contributed by atoms with Gasteiger partial charge in [-0.25, -0.2) is 0 Å². The molecule has 2 nitrogen and oxygen atoms in total. The third-order valence-corrected chi connectivity index (χ3v) is 1.77. The highest BCUT2D eigenvalue weighted by atomic mass is 79.9. The first kappa shape index (κ1) is 6.16. The number of thioether (sulfide) groups is 1. The Morgan fingerprint density at radius 2 is 2.62 bits per heavy atom. The van der Waals surface area contributed by atoms with Gasteiger partial charge in [0.1, 0.15) is 9.63 Å². The summed E-state index contributed by atoms with van der Waals surface area (Å²) in [6.07, 6.45) is 1.99. The summed E-state index contributed by atoms with van der Waals surface area (Å²) in [7, 11) is 0. The van der Waals surface area contributed by atoms with E-state index in [0.717, 1.165) is 9.63 Å². The van der Waals surface area contributed by atoms with Crippen molar-refractivity contribution in [3.8, 4) is 0 Å². The van der Waals surface area contributed by atoms with E-state index in [1.165, 1.54) is 0 Å². The van der Waals surface area contributed by atoms with Gasteiger partial charge in [-0.15, -0.1) is 11.8 Å². The minimum absolute atomic E-state index is 0.932. The van der Waals surface area contributed by atoms with Crippen LogP contribution in [0.4, 0.5) is 0 Å². The summed E-state index contributed by atoms with van der Waals surface area (Å²) >= 11 is 4.86. The fraction of sp³-hybridized carbons (Fsp3) is 0.250. The lowest BCUT2D eigenvalue weighted by atomic mass is 10.8. The summed E-state index contributed by atoms with van der Waals surface area (Å²) in [5, 5.41) is 7.70. The summed E-state index contributed by atoms with van der Waals surface area (Å²) in [5.41, 5.74) is 0. The van der Waals surface area contributed by atoms with Crippen LogP contribution >= 0.6 is 27.7 Å². The smallest absolute Gasteiger partial charge is 0.119 e. The average Bonchev–Trinajstić information content (AvgIpc) is 2.14. The van der Waals surface area contributed by atoms with Crippen LogP contribution in [0.25, 0.3) is 0 Å². The number of aromatic nitrogens is 2. The van der Waals surface area contributed by atoms with Crippen molar-refractivity contribution >= 4 is 27.7 Å². The number of hydrogen-bond donors (Lipinski definition) is 1. The second kappa shape index (κ2) is 2.55. The highest BCUT2D eigenvalue weighted by Crippen LogP contribution is 2.14. The summed E-state index contributed by atoms with van der Waals surface area (Å²) in [5.74, 6) is 0. The van der Waals surface area contributed by atoms with Gasteiger partial charge in [-0.3, -0.25) is 5.10 Å².